The maximum Gasteiger partial charge on any atom is 0.264 e. The van der Waals surface area contributed by atoms with Crippen LogP contribution in [-0.4, -0.2) is 60.9 Å². The molecule has 21 heavy (non-hydrogen) atoms. The van der Waals surface area contributed by atoms with E-state index in [9.17, 15) is 9.59 Å². The van der Waals surface area contributed by atoms with Crippen LogP contribution < -0.4 is 5.32 Å². The Kier molecular flexibility index (Phi) is 5.76. The summed E-state index contributed by atoms with van der Waals surface area (Å²) >= 11 is 1.47. The predicted octanol–water partition coefficient (Wildman–Crippen LogP) is 1.28. The average molecular weight is 309 g/mol. The molecule has 2 amide bonds. The molecule has 2 heterocycles. The molecule has 6 heteroatoms. The van der Waals surface area contributed by atoms with Crippen LogP contribution in [0.15, 0.2) is 17.5 Å². The first-order valence-corrected chi connectivity index (χ1v) is 8.33. The van der Waals surface area contributed by atoms with Gasteiger partial charge in [0.2, 0.25) is 5.91 Å². The van der Waals surface area contributed by atoms with Gasteiger partial charge in [-0.15, -0.1) is 11.3 Å². The van der Waals surface area contributed by atoms with E-state index in [4.69, 9.17) is 0 Å². The zero-order valence-corrected chi connectivity index (χ0v) is 13.5. The van der Waals surface area contributed by atoms with Gasteiger partial charge in [0, 0.05) is 38.6 Å². The Morgan fingerprint density at radius 2 is 1.95 bits per heavy atom. The molecule has 1 aromatic rings. The minimum absolute atomic E-state index is 0.00972. The highest BCUT2D eigenvalue weighted by atomic mass is 32.1. The summed E-state index contributed by atoms with van der Waals surface area (Å²) in [7, 11) is 0. The molecule has 0 saturated carbocycles. The third-order valence-corrected chi connectivity index (χ3v) is 4.59. The van der Waals surface area contributed by atoms with E-state index in [0.29, 0.717) is 32.7 Å². The number of hydrogen-bond acceptors (Lipinski definition) is 4. The number of amides is 2. The molecule has 0 bridgehead atoms. The average Bonchev–Trinajstić information content (AvgIpc) is 3.05. The molecule has 0 aliphatic carbocycles. The van der Waals surface area contributed by atoms with Crippen molar-refractivity contribution >= 4 is 23.2 Å². The van der Waals surface area contributed by atoms with E-state index in [1.165, 1.54) is 11.3 Å². The third kappa shape index (κ3) is 4.04. The molecule has 1 atom stereocenters. The molecular formula is C15H23N3O2S. The Labute approximate surface area is 129 Å². The van der Waals surface area contributed by atoms with Crippen LogP contribution in [0, 0.1) is 5.92 Å². The van der Waals surface area contributed by atoms with Gasteiger partial charge in [0.15, 0.2) is 0 Å². The van der Waals surface area contributed by atoms with Crippen molar-refractivity contribution in [3.05, 3.63) is 22.4 Å². The molecule has 0 aromatic carbocycles. The molecular weight excluding hydrogens is 286 g/mol. The Balaban J connectivity index is 1.83. The number of nitrogens with one attached hydrogen (secondary N) is 1. The maximum atomic E-state index is 12.3. The lowest BCUT2D eigenvalue weighted by Gasteiger charge is -2.35. The SMILES string of the molecule is CCNCC(C)C(=O)N1CCN(C(=O)c2cccs2)CC1. The summed E-state index contributed by atoms with van der Waals surface area (Å²) in [5.74, 6) is 0.251. The van der Waals surface area contributed by atoms with Gasteiger partial charge in [0.25, 0.3) is 5.91 Å². The van der Waals surface area contributed by atoms with Gasteiger partial charge in [-0.2, -0.15) is 0 Å². The second-order valence-electron chi connectivity index (χ2n) is 5.30. The Hall–Kier alpha value is -1.40. The highest BCUT2D eigenvalue weighted by molar-refractivity contribution is 7.12. The van der Waals surface area contributed by atoms with Crippen LogP contribution in [0.4, 0.5) is 0 Å². The van der Waals surface area contributed by atoms with E-state index in [0.717, 1.165) is 11.4 Å². The second-order valence-corrected chi connectivity index (χ2v) is 6.25. The minimum atomic E-state index is -0.00972. The molecule has 1 fully saturated rings. The number of nitrogens with zero attached hydrogens (tertiary/aromatic N) is 2. The Morgan fingerprint density at radius 3 is 2.52 bits per heavy atom. The van der Waals surface area contributed by atoms with Crippen molar-refractivity contribution in [1.29, 1.82) is 0 Å². The highest BCUT2D eigenvalue weighted by Gasteiger charge is 2.27. The van der Waals surface area contributed by atoms with Crippen LogP contribution in [0.3, 0.4) is 0 Å². The molecule has 1 saturated heterocycles. The highest BCUT2D eigenvalue weighted by Crippen LogP contribution is 2.14. The summed E-state index contributed by atoms with van der Waals surface area (Å²) < 4.78 is 0. The van der Waals surface area contributed by atoms with Gasteiger partial charge in [0.05, 0.1) is 4.88 Å². The molecule has 1 aliphatic rings. The van der Waals surface area contributed by atoms with Gasteiger partial charge in [-0.1, -0.05) is 19.9 Å². The number of piperazine rings is 1. The van der Waals surface area contributed by atoms with E-state index in [1.54, 1.807) is 0 Å². The summed E-state index contributed by atoms with van der Waals surface area (Å²) in [4.78, 5) is 29.0. The zero-order valence-electron chi connectivity index (χ0n) is 12.7. The van der Waals surface area contributed by atoms with Crippen molar-refractivity contribution in [2.45, 2.75) is 13.8 Å². The van der Waals surface area contributed by atoms with Gasteiger partial charge >= 0.3 is 0 Å². The van der Waals surface area contributed by atoms with Crippen molar-refractivity contribution in [2.24, 2.45) is 5.92 Å². The monoisotopic (exact) mass is 309 g/mol. The summed E-state index contributed by atoms with van der Waals surface area (Å²) in [6, 6.07) is 3.74. The first kappa shape index (κ1) is 16.0. The fourth-order valence-corrected chi connectivity index (χ4v) is 3.14. The third-order valence-electron chi connectivity index (χ3n) is 3.73. The summed E-state index contributed by atoms with van der Waals surface area (Å²) in [5, 5.41) is 5.12. The molecule has 116 valence electrons. The second kappa shape index (κ2) is 7.56. The van der Waals surface area contributed by atoms with E-state index in [2.05, 4.69) is 5.32 Å². The van der Waals surface area contributed by atoms with Crippen molar-refractivity contribution < 1.29 is 9.59 Å². The van der Waals surface area contributed by atoms with Crippen molar-refractivity contribution in [3.63, 3.8) is 0 Å². The van der Waals surface area contributed by atoms with Crippen LogP contribution in [0.5, 0.6) is 0 Å². The lowest BCUT2D eigenvalue weighted by atomic mass is 10.1. The van der Waals surface area contributed by atoms with Crippen LogP contribution in [0.25, 0.3) is 0 Å². The van der Waals surface area contributed by atoms with E-state index in [-0.39, 0.29) is 17.7 Å². The topological polar surface area (TPSA) is 52.7 Å². The normalized spacial score (nSPS) is 16.9. The first-order valence-electron chi connectivity index (χ1n) is 7.45. The number of carbonyl (C=O) groups excluding carboxylic acids is 2. The number of hydrogen-bond donors (Lipinski definition) is 1. The van der Waals surface area contributed by atoms with Crippen molar-refractivity contribution in [1.82, 2.24) is 15.1 Å². The van der Waals surface area contributed by atoms with Gasteiger partial charge in [-0.3, -0.25) is 9.59 Å². The van der Waals surface area contributed by atoms with Crippen LogP contribution in [0.2, 0.25) is 0 Å². The Bertz CT molecular complexity index is 467. The van der Waals surface area contributed by atoms with E-state index < -0.39 is 0 Å². The smallest absolute Gasteiger partial charge is 0.264 e. The molecule has 1 aliphatic heterocycles. The molecule has 2 rings (SSSR count). The first-order chi connectivity index (χ1) is 10.1. The fourth-order valence-electron chi connectivity index (χ4n) is 2.45. The van der Waals surface area contributed by atoms with Crippen LogP contribution >= 0.6 is 11.3 Å². The van der Waals surface area contributed by atoms with Crippen LogP contribution in [-0.2, 0) is 4.79 Å². The van der Waals surface area contributed by atoms with Gasteiger partial charge in [-0.05, 0) is 18.0 Å². The summed E-state index contributed by atoms with van der Waals surface area (Å²) in [5.41, 5.74) is 0. The van der Waals surface area contributed by atoms with Crippen molar-refractivity contribution in [3.8, 4) is 0 Å². The molecule has 0 radical (unpaired) electrons. The fraction of sp³-hybridized carbons (Fsp3) is 0.600. The predicted molar refractivity (Wildman–Crippen MR) is 84.5 cm³/mol. The Morgan fingerprint density at radius 1 is 1.29 bits per heavy atom. The molecule has 5 nitrogen and oxygen atoms in total. The molecule has 0 spiro atoms. The van der Waals surface area contributed by atoms with Gasteiger partial charge < -0.3 is 15.1 Å². The largest absolute Gasteiger partial charge is 0.339 e. The quantitative estimate of drug-likeness (QED) is 0.891. The lowest BCUT2D eigenvalue weighted by Crippen LogP contribution is -2.52. The maximum absolute atomic E-state index is 12.3. The molecule has 1 unspecified atom stereocenters. The zero-order chi connectivity index (χ0) is 15.2. The van der Waals surface area contributed by atoms with Crippen molar-refractivity contribution in [2.75, 3.05) is 39.3 Å². The molecule has 1 N–H and O–H groups in total. The van der Waals surface area contributed by atoms with Crippen LogP contribution in [0.1, 0.15) is 23.5 Å². The number of carbonyl (C=O) groups is 2. The summed E-state index contributed by atoms with van der Waals surface area (Å²) in [6.07, 6.45) is 0. The number of rotatable bonds is 5. The number of thiophene rings is 1. The minimum Gasteiger partial charge on any atom is -0.339 e. The van der Waals surface area contributed by atoms with E-state index in [1.807, 2.05) is 41.2 Å². The lowest BCUT2D eigenvalue weighted by molar-refractivity contribution is -0.136. The van der Waals surface area contributed by atoms with Gasteiger partial charge in [0.1, 0.15) is 0 Å². The molecule has 1 aromatic heterocycles. The van der Waals surface area contributed by atoms with E-state index >= 15 is 0 Å². The summed E-state index contributed by atoms with van der Waals surface area (Å²) in [6.45, 7) is 8.08. The van der Waals surface area contributed by atoms with Gasteiger partial charge in [-0.25, -0.2) is 0 Å². The standard InChI is InChI=1S/C15H23N3O2S/c1-3-16-11-12(2)14(19)17-6-8-18(9-7-17)15(20)13-5-4-10-21-13/h4-5,10,12,16H,3,6-9,11H2,1-2H3.